The fraction of sp³-hybridized carbons (Fsp3) is 0.333. The van der Waals surface area contributed by atoms with Crippen molar-refractivity contribution in [1.82, 2.24) is 4.90 Å². The minimum absolute atomic E-state index is 0.00434. The molecule has 28 heavy (non-hydrogen) atoms. The van der Waals surface area contributed by atoms with Gasteiger partial charge < -0.3 is 10.2 Å². The molecule has 0 unspecified atom stereocenters. The Kier molecular flexibility index (Phi) is 5.19. The number of hydrogen-bond acceptors (Lipinski definition) is 2. The summed E-state index contributed by atoms with van der Waals surface area (Å²) in [5, 5.41) is 2.45. The van der Waals surface area contributed by atoms with Crippen LogP contribution in [0.3, 0.4) is 0 Å². The highest BCUT2D eigenvalue weighted by molar-refractivity contribution is 6.09. The smallest absolute Gasteiger partial charge is 0.337 e. The maximum Gasteiger partial charge on any atom is 0.416 e. The molecule has 7 heteroatoms. The van der Waals surface area contributed by atoms with Gasteiger partial charge in [-0.15, -0.1) is 0 Å². The molecule has 0 saturated heterocycles. The molecule has 148 valence electrons. The predicted octanol–water partition coefficient (Wildman–Crippen LogP) is 4.26. The van der Waals surface area contributed by atoms with Gasteiger partial charge in [0.2, 0.25) is 11.8 Å². The molecule has 1 N–H and O–H groups in total. The molecular formula is C21H21F3N2O2. The van der Waals surface area contributed by atoms with Crippen LogP contribution in [0, 0.1) is 5.41 Å². The van der Waals surface area contributed by atoms with Crippen molar-refractivity contribution in [3.05, 3.63) is 65.2 Å². The summed E-state index contributed by atoms with van der Waals surface area (Å²) in [4.78, 5) is 27.3. The molecule has 0 radical (unpaired) electrons. The predicted molar refractivity (Wildman–Crippen MR) is 99.4 cm³/mol. The van der Waals surface area contributed by atoms with Gasteiger partial charge in [0.05, 0.1) is 5.56 Å². The summed E-state index contributed by atoms with van der Waals surface area (Å²) in [6.07, 6.45) is -3.81. The van der Waals surface area contributed by atoms with Crippen LogP contribution in [-0.4, -0.2) is 23.3 Å². The summed E-state index contributed by atoms with van der Waals surface area (Å²) in [6, 6.07) is 12.2. The van der Waals surface area contributed by atoms with Crippen LogP contribution < -0.4 is 5.32 Å². The Morgan fingerprint density at radius 1 is 1.00 bits per heavy atom. The second-order valence-electron chi connectivity index (χ2n) is 7.40. The monoisotopic (exact) mass is 390 g/mol. The maximum absolute atomic E-state index is 13.0. The van der Waals surface area contributed by atoms with Gasteiger partial charge in [0.1, 0.15) is 5.41 Å². The molecule has 4 nitrogen and oxygen atoms in total. The van der Waals surface area contributed by atoms with Crippen molar-refractivity contribution in [2.75, 3.05) is 11.9 Å². The third-order valence-electron chi connectivity index (χ3n) is 4.97. The number of hydrogen-bond donors (Lipinski definition) is 1. The van der Waals surface area contributed by atoms with Gasteiger partial charge in [-0.25, -0.2) is 0 Å². The zero-order chi connectivity index (χ0) is 20.5. The van der Waals surface area contributed by atoms with Gasteiger partial charge in [-0.3, -0.25) is 9.59 Å². The summed E-state index contributed by atoms with van der Waals surface area (Å²) in [5.41, 5.74) is -0.0544. The van der Waals surface area contributed by atoms with Crippen LogP contribution in [0.15, 0.2) is 48.5 Å². The number of amides is 2. The number of nitrogens with zero attached hydrogens (tertiary/aromatic N) is 1. The van der Waals surface area contributed by atoms with E-state index in [2.05, 4.69) is 5.32 Å². The highest BCUT2D eigenvalue weighted by Crippen LogP contribution is 2.31. The lowest BCUT2D eigenvalue weighted by Crippen LogP contribution is -2.48. The lowest BCUT2D eigenvalue weighted by Gasteiger charge is -2.34. The molecule has 0 aromatic heterocycles. The Balaban J connectivity index is 1.73. The summed E-state index contributed by atoms with van der Waals surface area (Å²) in [6.45, 7) is 3.88. The number of anilines is 1. The standard InChI is InChI=1S/C21H21F3N2O2/c1-20(2,18(27)25-17-9-5-8-16(12-17)21(22,23)24)19(28)26-11-10-14-6-3-4-7-15(14)13-26/h3-9,12H,10-11,13H2,1-2H3,(H,25,27). The van der Waals surface area contributed by atoms with Crippen LogP contribution in [0.2, 0.25) is 0 Å². The van der Waals surface area contributed by atoms with E-state index in [0.29, 0.717) is 19.5 Å². The Hall–Kier alpha value is -2.83. The van der Waals surface area contributed by atoms with Gasteiger partial charge >= 0.3 is 6.18 Å². The highest BCUT2D eigenvalue weighted by Gasteiger charge is 2.40. The Morgan fingerprint density at radius 3 is 2.36 bits per heavy atom. The SMILES string of the molecule is CC(C)(C(=O)Nc1cccc(C(F)(F)F)c1)C(=O)N1CCc2ccccc2C1. The molecule has 0 aliphatic carbocycles. The first kappa shape index (κ1) is 19.9. The van der Waals surface area contributed by atoms with Crippen LogP contribution in [-0.2, 0) is 28.7 Å². The molecule has 2 amide bonds. The van der Waals surface area contributed by atoms with E-state index in [1.54, 1.807) is 4.90 Å². The van der Waals surface area contributed by atoms with Crippen molar-refractivity contribution in [2.45, 2.75) is 33.0 Å². The quantitative estimate of drug-likeness (QED) is 0.797. The topological polar surface area (TPSA) is 49.4 Å². The number of nitrogens with one attached hydrogen (secondary N) is 1. The zero-order valence-electron chi connectivity index (χ0n) is 15.6. The zero-order valence-corrected chi connectivity index (χ0v) is 15.6. The average Bonchev–Trinajstić information content (AvgIpc) is 2.66. The van der Waals surface area contributed by atoms with Crippen LogP contribution in [0.25, 0.3) is 0 Å². The van der Waals surface area contributed by atoms with E-state index < -0.39 is 23.1 Å². The van der Waals surface area contributed by atoms with Crippen LogP contribution >= 0.6 is 0 Å². The van der Waals surface area contributed by atoms with Crippen molar-refractivity contribution in [2.24, 2.45) is 5.41 Å². The van der Waals surface area contributed by atoms with E-state index in [0.717, 1.165) is 17.7 Å². The van der Waals surface area contributed by atoms with Gasteiger partial charge in [0, 0.05) is 18.8 Å². The van der Waals surface area contributed by atoms with Crippen molar-refractivity contribution >= 4 is 17.5 Å². The third kappa shape index (κ3) is 4.03. The van der Waals surface area contributed by atoms with E-state index in [1.165, 1.54) is 31.5 Å². The average molecular weight is 390 g/mol. The largest absolute Gasteiger partial charge is 0.416 e. The van der Waals surface area contributed by atoms with Gasteiger partial charge in [-0.2, -0.15) is 13.2 Å². The van der Waals surface area contributed by atoms with Crippen molar-refractivity contribution in [3.63, 3.8) is 0 Å². The number of rotatable bonds is 3. The molecule has 0 atom stereocenters. The second-order valence-corrected chi connectivity index (χ2v) is 7.40. The van der Waals surface area contributed by atoms with Crippen LogP contribution in [0.5, 0.6) is 0 Å². The van der Waals surface area contributed by atoms with Gasteiger partial charge in [0.25, 0.3) is 0 Å². The first-order valence-electron chi connectivity index (χ1n) is 8.94. The molecule has 2 aromatic rings. The first-order chi connectivity index (χ1) is 13.1. The van der Waals surface area contributed by atoms with Gasteiger partial charge in [-0.1, -0.05) is 30.3 Å². The lowest BCUT2D eigenvalue weighted by molar-refractivity contribution is -0.147. The number of carbonyl (C=O) groups excluding carboxylic acids is 2. The molecule has 1 heterocycles. The Bertz CT molecular complexity index is 907. The Labute approximate surface area is 161 Å². The molecular weight excluding hydrogens is 369 g/mol. The molecule has 0 saturated carbocycles. The van der Waals surface area contributed by atoms with Gasteiger partial charge in [-0.05, 0) is 49.6 Å². The van der Waals surface area contributed by atoms with Crippen molar-refractivity contribution in [1.29, 1.82) is 0 Å². The van der Waals surface area contributed by atoms with Crippen molar-refractivity contribution < 1.29 is 22.8 Å². The molecule has 0 spiro atoms. The molecule has 1 aliphatic heterocycles. The van der Waals surface area contributed by atoms with E-state index >= 15 is 0 Å². The van der Waals surface area contributed by atoms with Crippen molar-refractivity contribution in [3.8, 4) is 0 Å². The van der Waals surface area contributed by atoms with Crippen LogP contribution in [0.4, 0.5) is 18.9 Å². The maximum atomic E-state index is 13.0. The summed E-state index contributed by atoms with van der Waals surface area (Å²) < 4.78 is 38.6. The Morgan fingerprint density at radius 2 is 1.68 bits per heavy atom. The van der Waals surface area contributed by atoms with E-state index in [4.69, 9.17) is 0 Å². The second kappa shape index (κ2) is 7.30. The highest BCUT2D eigenvalue weighted by atomic mass is 19.4. The van der Waals surface area contributed by atoms with E-state index in [9.17, 15) is 22.8 Å². The summed E-state index contributed by atoms with van der Waals surface area (Å²) >= 11 is 0. The number of benzene rings is 2. The normalized spacial score (nSPS) is 14.4. The minimum atomic E-state index is -4.51. The van der Waals surface area contributed by atoms with E-state index in [-0.39, 0.29) is 11.6 Å². The van der Waals surface area contributed by atoms with Gasteiger partial charge in [0.15, 0.2) is 0 Å². The fourth-order valence-corrected chi connectivity index (χ4v) is 3.22. The molecule has 1 aliphatic rings. The summed E-state index contributed by atoms with van der Waals surface area (Å²) in [7, 11) is 0. The van der Waals surface area contributed by atoms with Crippen LogP contribution in [0.1, 0.15) is 30.5 Å². The number of halogens is 3. The minimum Gasteiger partial charge on any atom is -0.337 e. The molecule has 3 rings (SSSR count). The number of fused-ring (bicyclic) bond motifs is 1. The molecule has 0 bridgehead atoms. The number of carbonyl (C=O) groups is 2. The molecule has 0 fully saturated rings. The first-order valence-corrected chi connectivity index (χ1v) is 8.94. The lowest BCUT2D eigenvalue weighted by atomic mass is 9.88. The molecule has 2 aromatic carbocycles. The third-order valence-corrected chi connectivity index (χ3v) is 4.97. The fourth-order valence-electron chi connectivity index (χ4n) is 3.22. The summed E-state index contributed by atoms with van der Waals surface area (Å²) in [5.74, 6) is -0.998. The number of alkyl halides is 3. The van der Waals surface area contributed by atoms with E-state index in [1.807, 2.05) is 24.3 Å².